The first kappa shape index (κ1) is 117. The summed E-state index contributed by atoms with van der Waals surface area (Å²) >= 11 is 0. The number of carbonyl (C=O) groups is 12. The maximum absolute atomic E-state index is 12.8. The van der Waals surface area contributed by atoms with Crippen molar-refractivity contribution in [1.29, 1.82) is 0 Å². The fourth-order valence-corrected chi connectivity index (χ4v) is 34.8. The second-order valence-electron chi connectivity index (χ2n) is 55.3. The number of hydrogen-bond donors (Lipinski definition) is 2. The summed E-state index contributed by atoms with van der Waals surface area (Å²) in [5.41, 5.74) is -4.29. The van der Waals surface area contributed by atoms with E-state index in [1.54, 1.807) is 27.7 Å². The predicted molar refractivity (Wildman–Crippen MR) is 556 cm³/mol. The number of fused-ring (bicyclic) bond motifs is 2. The van der Waals surface area contributed by atoms with E-state index in [4.69, 9.17) is 61.0 Å². The van der Waals surface area contributed by atoms with Crippen molar-refractivity contribution in [3.05, 3.63) is 12.2 Å². The predicted octanol–water partition coefficient (Wildman–Crippen LogP) is 20.8. The quantitative estimate of drug-likeness (QED) is 0.0208. The molecule has 26 fully saturated rings. The molecule has 0 aromatic rings. The van der Waals surface area contributed by atoms with E-state index < -0.39 is 109 Å². The first-order valence-electron chi connectivity index (χ1n) is 58.6. The van der Waals surface area contributed by atoms with Crippen LogP contribution in [0.3, 0.4) is 0 Å². The van der Waals surface area contributed by atoms with E-state index in [0.717, 1.165) is 158 Å². The molecule has 0 amide bonds. The van der Waals surface area contributed by atoms with Gasteiger partial charge in [0.15, 0.2) is 13.2 Å². The van der Waals surface area contributed by atoms with Crippen molar-refractivity contribution in [1.82, 2.24) is 0 Å². The molecule has 2 N–H and O–H groups in total. The summed E-state index contributed by atoms with van der Waals surface area (Å²) in [6.45, 7) is 46.1. The average Bonchev–Trinajstić information content (AvgIpc) is 1.62. The van der Waals surface area contributed by atoms with Gasteiger partial charge in [0.2, 0.25) is 0 Å². The second kappa shape index (κ2) is 44.9. The van der Waals surface area contributed by atoms with Crippen LogP contribution in [0.25, 0.3) is 0 Å². The van der Waals surface area contributed by atoms with Crippen LogP contribution in [0.1, 0.15) is 409 Å². The fourth-order valence-electron chi connectivity index (χ4n) is 32.9. The summed E-state index contributed by atoms with van der Waals surface area (Å²) in [4.78, 5) is 144. The molecule has 2 aliphatic heterocycles. The summed E-state index contributed by atoms with van der Waals surface area (Å²) < 4.78 is 95.4. The minimum atomic E-state index is -3.56. The van der Waals surface area contributed by atoms with E-state index in [-0.39, 0.29) is 131 Å². The van der Waals surface area contributed by atoms with E-state index in [9.17, 15) is 76.2 Å². The van der Waals surface area contributed by atoms with Gasteiger partial charge in [-0.1, -0.05) is 75.8 Å². The minimum absolute atomic E-state index is 0.00904. The van der Waals surface area contributed by atoms with Gasteiger partial charge in [-0.3, -0.25) is 47.3 Å². The molecule has 26 rings (SSSR count). The highest BCUT2D eigenvalue weighted by atomic mass is 32.2. The number of rotatable bonds is 32. The molecule has 0 spiro atoms. The van der Waals surface area contributed by atoms with Gasteiger partial charge in [0, 0.05) is 42.1 Å². The summed E-state index contributed by atoms with van der Waals surface area (Å²) in [7, 11) is -3.56. The molecular formula is C120H186O29S. The standard InChI is InChI=1S/C20H30O6.C19H28O9S.C19H32O2.C18H30O2.C16H26O3.C14H20O4.C14H20O3/c1-4-12(2)19(23)25-10-17(21)24-11-18(22)26-20(3)15-6-13-5-14(8-15)9-16(20)7-13;1-4-19(2,3)18(22)26-8-7-25-14(20)5-6-15(21)27-16-11-9-12-13(10-11)29(23,24)28-17(12)16;1-6-18(4,5)17(20)21-19(12(2)3)15-8-13-7-14(10-15)11-16(19)9-13;1-5-17(3,4)16(19)20-18(6-2)14-8-12-7-13(10-14)11-15(18)9-12;1-4-14(2,3)13(17)19-16-8-11-5-12(9-16)7-15(18,6-11)10-16;1-4-14(2,3)13(16)18-10-7-5-8-9(6-7)12(15)17-11(8)10;1-9(2)12(15)17-14-6-10-3-11(7-14)5-13(16,4-10)8-14/h12-16H,4-11H2,1-3H3;11-13,16-17H,4-10H2,1-3H3;12-16H,6-11H2,1-5H3;12-15H,5-11H2,1-4H3;11-12,18H,4-10H2,1-3H3;7-11H,4-6H2,1-3H3;10-11,16H,1,3-8H2,2H3. The molecule has 2 saturated heterocycles. The topological polar surface area (TPSA) is 399 Å². The Balaban J connectivity index is 0.000000132. The average molecular weight is 2120 g/mol. The number of carbonyl (C=O) groups excluding carboxylic acids is 12. The molecule has 24 saturated carbocycles. The Hall–Kier alpha value is -6.79. The van der Waals surface area contributed by atoms with Crippen LogP contribution >= 0.6 is 0 Å². The third kappa shape index (κ3) is 24.7. The maximum Gasteiger partial charge on any atom is 0.344 e. The monoisotopic (exact) mass is 2120 g/mol. The van der Waals surface area contributed by atoms with Gasteiger partial charge in [0.1, 0.15) is 65.6 Å². The molecule has 24 aliphatic carbocycles. The third-order valence-electron chi connectivity index (χ3n) is 42.3. The van der Waals surface area contributed by atoms with Crippen molar-refractivity contribution in [2.45, 2.75) is 478 Å². The van der Waals surface area contributed by atoms with Crippen LogP contribution in [0.5, 0.6) is 0 Å². The molecule has 0 aromatic heterocycles. The Morgan fingerprint density at radius 2 is 0.813 bits per heavy atom. The zero-order valence-corrected chi connectivity index (χ0v) is 95.6. The van der Waals surface area contributed by atoms with Crippen LogP contribution in [0.2, 0.25) is 0 Å². The Morgan fingerprint density at radius 1 is 0.413 bits per heavy atom. The van der Waals surface area contributed by atoms with Gasteiger partial charge in [0.05, 0.1) is 68.2 Å². The van der Waals surface area contributed by atoms with Crippen LogP contribution in [-0.4, -0.2) is 186 Å². The third-order valence-corrected chi connectivity index (χ3v) is 44.1. The van der Waals surface area contributed by atoms with Crippen LogP contribution < -0.4 is 0 Å². The largest absolute Gasteiger partial charge is 0.462 e. The SMILES string of the molecule is C=C(C)C(=O)OC12CC3CC(CC(O)(C3)C1)C2.CCC(C)(C)C(=O)OC1(C(C)C)C2CC3CC(C2)CC1C3.CCC(C)(C)C(=O)OC1(CC)C2CC3CC(C2)CC1C3.CCC(C)(C)C(=O)OC12CC3CC(CC(O)(C3)C1)C2.CCC(C)(C)C(=O)OC1C2CC3C(=O)OC1C3C2.CCC(C)(C)C(=O)OCCOC(=O)CCC(=O)OC1C2CC3C1OS(=O)(=O)C3C2.CCC(C)C(=O)OCC(=O)OCC(=O)OC1(C)C2CC3CC(C2)CC1C3. The van der Waals surface area contributed by atoms with Gasteiger partial charge in [0.25, 0.3) is 10.1 Å². The molecular weight excluding hydrogens is 1940 g/mol. The Labute approximate surface area is 893 Å². The number of hydrogen-bond acceptors (Lipinski definition) is 29. The van der Waals surface area contributed by atoms with Crippen molar-refractivity contribution in [3.63, 3.8) is 0 Å². The number of esters is 12. The highest BCUT2D eigenvalue weighted by Crippen LogP contribution is 2.67. The molecule has 150 heavy (non-hydrogen) atoms. The van der Waals surface area contributed by atoms with Crippen molar-refractivity contribution < 1.29 is 137 Å². The lowest BCUT2D eigenvalue weighted by Crippen LogP contribution is -2.63. The lowest BCUT2D eigenvalue weighted by Gasteiger charge is -2.62. The highest BCUT2D eigenvalue weighted by Gasteiger charge is 2.70. The van der Waals surface area contributed by atoms with E-state index in [2.05, 4.69) is 41.2 Å². The number of ether oxygens (including phenoxy) is 12. The summed E-state index contributed by atoms with van der Waals surface area (Å²) in [6.07, 6.45) is 37.0. The van der Waals surface area contributed by atoms with Crippen molar-refractivity contribution in [3.8, 4) is 0 Å². The normalized spacial score (nSPS) is 39.7. The van der Waals surface area contributed by atoms with Crippen LogP contribution in [0, 0.1) is 163 Å². The Kier molecular flexibility index (Phi) is 35.1. The zero-order chi connectivity index (χ0) is 109. The molecule has 30 heteroatoms. The lowest BCUT2D eigenvalue weighted by molar-refractivity contribution is -0.231. The molecule has 26 aliphatic rings. The fraction of sp³-hybridized carbons (Fsp3) is 0.883. The Bertz CT molecular complexity index is 4940. The lowest BCUT2D eigenvalue weighted by atomic mass is 9.47. The highest BCUT2D eigenvalue weighted by molar-refractivity contribution is 7.87. The maximum atomic E-state index is 12.8. The van der Waals surface area contributed by atoms with E-state index in [0.29, 0.717) is 121 Å². The summed E-state index contributed by atoms with van der Waals surface area (Å²) in [5, 5.41) is 20.7. The van der Waals surface area contributed by atoms with Crippen molar-refractivity contribution in [2.24, 2.45) is 163 Å². The van der Waals surface area contributed by atoms with E-state index >= 15 is 0 Å². The molecule has 15 unspecified atom stereocenters. The first-order chi connectivity index (χ1) is 70.2. The molecule has 29 nitrogen and oxygen atoms in total. The van der Waals surface area contributed by atoms with Crippen molar-refractivity contribution in [2.75, 3.05) is 26.4 Å². The molecule has 0 radical (unpaired) electrons. The van der Waals surface area contributed by atoms with Crippen molar-refractivity contribution >= 4 is 81.7 Å². The van der Waals surface area contributed by atoms with Gasteiger partial charge in [-0.2, -0.15) is 8.42 Å². The Morgan fingerprint density at radius 3 is 1.27 bits per heavy atom. The summed E-state index contributed by atoms with van der Waals surface area (Å²) in [5.74, 6) is 7.82. The first-order valence-corrected chi connectivity index (χ1v) is 60.1. The molecule has 24 bridgehead atoms. The van der Waals surface area contributed by atoms with E-state index in [1.807, 2.05) is 90.0 Å². The van der Waals surface area contributed by atoms with Gasteiger partial charge >= 0.3 is 71.6 Å². The molecule has 15 atom stereocenters. The minimum Gasteiger partial charge on any atom is -0.462 e. The molecule has 2 heterocycles. The van der Waals surface area contributed by atoms with Gasteiger partial charge < -0.3 is 67.1 Å². The molecule has 0 aromatic carbocycles. The van der Waals surface area contributed by atoms with Crippen LogP contribution in [0.15, 0.2) is 12.2 Å². The second-order valence-corrected chi connectivity index (χ2v) is 57.1. The number of aliphatic hydroxyl groups is 2. The van der Waals surface area contributed by atoms with Gasteiger partial charge in [-0.15, -0.1) is 0 Å². The van der Waals surface area contributed by atoms with Crippen LogP contribution in [-0.2, 0) is 129 Å². The van der Waals surface area contributed by atoms with E-state index in [1.165, 1.54) is 83.5 Å². The zero-order valence-electron chi connectivity index (χ0n) is 94.8. The molecule has 846 valence electrons. The van der Waals surface area contributed by atoms with Gasteiger partial charge in [-0.05, 0) is 415 Å². The van der Waals surface area contributed by atoms with Crippen LogP contribution in [0.4, 0.5) is 0 Å². The summed E-state index contributed by atoms with van der Waals surface area (Å²) in [6, 6.07) is 0. The van der Waals surface area contributed by atoms with Gasteiger partial charge in [-0.25, -0.2) is 14.4 Å². The smallest absolute Gasteiger partial charge is 0.344 e.